The standard InChI is InChI=1S/C37H26N4/c1-3-13-25(14-4-1)35-38-36(26-15-5-2-6-16-26)40-37(39-35)31-23-24-34(28-18-8-7-17-27(28)31)41-32-21-11-9-19-29(32)30-20-10-12-22-33(30)41/h1-21,23-24,33H,22H2. The largest absolute Gasteiger partial charge is 0.332 e. The van der Waals surface area contributed by atoms with Crippen LogP contribution in [0.4, 0.5) is 11.4 Å². The van der Waals surface area contributed by atoms with Crippen LogP contribution in [0.3, 0.4) is 0 Å². The van der Waals surface area contributed by atoms with Crippen molar-refractivity contribution >= 4 is 27.7 Å². The number of rotatable bonds is 4. The summed E-state index contributed by atoms with van der Waals surface area (Å²) in [7, 11) is 0. The molecule has 0 amide bonds. The second-order valence-corrected chi connectivity index (χ2v) is 10.4. The third kappa shape index (κ3) is 3.95. The smallest absolute Gasteiger partial charge is 0.164 e. The van der Waals surface area contributed by atoms with Gasteiger partial charge in [0.05, 0.1) is 6.04 Å². The second kappa shape index (κ2) is 9.68. The number of anilines is 2. The lowest BCUT2D eigenvalue weighted by molar-refractivity contribution is 0.832. The van der Waals surface area contributed by atoms with Crippen LogP contribution in [0.15, 0.2) is 140 Å². The molecule has 0 saturated carbocycles. The van der Waals surface area contributed by atoms with Crippen LogP contribution in [-0.4, -0.2) is 21.0 Å². The zero-order valence-corrected chi connectivity index (χ0v) is 22.4. The van der Waals surface area contributed by atoms with Gasteiger partial charge in [-0.05, 0) is 35.6 Å². The molecule has 1 aromatic heterocycles. The van der Waals surface area contributed by atoms with E-state index in [1.807, 2.05) is 60.7 Å². The van der Waals surface area contributed by atoms with Crippen molar-refractivity contribution in [1.82, 2.24) is 15.0 Å². The molecule has 0 fully saturated rings. The molecule has 1 aliphatic carbocycles. The van der Waals surface area contributed by atoms with Crippen LogP contribution in [-0.2, 0) is 0 Å². The fraction of sp³-hybridized carbons (Fsp3) is 0.0541. The van der Waals surface area contributed by atoms with Crippen LogP contribution in [0.2, 0.25) is 0 Å². The molecule has 2 aliphatic rings. The molecular formula is C37H26N4. The Morgan fingerprint density at radius 2 is 1.12 bits per heavy atom. The maximum absolute atomic E-state index is 5.02. The fourth-order valence-corrected chi connectivity index (χ4v) is 6.14. The molecule has 1 unspecified atom stereocenters. The number of aromatic nitrogens is 3. The number of fused-ring (bicyclic) bond motifs is 4. The third-order valence-electron chi connectivity index (χ3n) is 8.02. The Balaban J connectivity index is 1.33. The van der Waals surface area contributed by atoms with Crippen molar-refractivity contribution in [2.75, 3.05) is 4.90 Å². The first kappa shape index (κ1) is 23.5. The minimum atomic E-state index is 0.276. The van der Waals surface area contributed by atoms with E-state index in [2.05, 4.69) is 83.8 Å². The van der Waals surface area contributed by atoms with E-state index in [0.29, 0.717) is 17.5 Å². The Morgan fingerprint density at radius 1 is 0.512 bits per heavy atom. The molecule has 5 aromatic carbocycles. The maximum atomic E-state index is 5.02. The first-order valence-corrected chi connectivity index (χ1v) is 14.0. The molecule has 4 nitrogen and oxygen atoms in total. The van der Waals surface area contributed by atoms with Crippen LogP contribution in [0.5, 0.6) is 0 Å². The van der Waals surface area contributed by atoms with Gasteiger partial charge in [-0.3, -0.25) is 0 Å². The zero-order chi connectivity index (χ0) is 27.2. The highest BCUT2D eigenvalue weighted by Crippen LogP contribution is 2.49. The Kier molecular flexibility index (Phi) is 5.56. The average molecular weight is 527 g/mol. The molecular weight excluding hydrogens is 500 g/mol. The molecule has 194 valence electrons. The molecule has 6 aromatic rings. The summed E-state index contributed by atoms with van der Waals surface area (Å²) < 4.78 is 0. The van der Waals surface area contributed by atoms with Crippen molar-refractivity contribution < 1.29 is 0 Å². The average Bonchev–Trinajstić information content (AvgIpc) is 3.39. The van der Waals surface area contributed by atoms with Gasteiger partial charge in [0.2, 0.25) is 0 Å². The summed E-state index contributed by atoms with van der Waals surface area (Å²) in [6.07, 6.45) is 7.70. The van der Waals surface area contributed by atoms with Gasteiger partial charge in [-0.15, -0.1) is 0 Å². The molecule has 2 heterocycles. The van der Waals surface area contributed by atoms with E-state index < -0.39 is 0 Å². The van der Waals surface area contributed by atoms with Crippen LogP contribution in [0.25, 0.3) is 50.5 Å². The summed E-state index contributed by atoms with van der Waals surface area (Å²) in [4.78, 5) is 17.4. The van der Waals surface area contributed by atoms with Gasteiger partial charge < -0.3 is 4.90 Å². The van der Waals surface area contributed by atoms with E-state index in [4.69, 9.17) is 15.0 Å². The van der Waals surface area contributed by atoms with E-state index in [-0.39, 0.29) is 6.04 Å². The monoisotopic (exact) mass is 526 g/mol. The molecule has 0 spiro atoms. The third-order valence-corrected chi connectivity index (χ3v) is 8.02. The molecule has 4 heteroatoms. The van der Waals surface area contributed by atoms with Crippen molar-refractivity contribution in [2.45, 2.75) is 12.5 Å². The predicted molar refractivity (Wildman–Crippen MR) is 168 cm³/mol. The summed E-state index contributed by atoms with van der Waals surface area (Å²) in [5, 5.41) is 2.30. The zero-order valence-electron chi connectivity index (χ0n) is 22.4. The topological polar surface area (TPSA) is 41.9 Å². The van der Waals surface area contributed by atoms with Gasteiger partial charge in [0, 0.05) is 39.0 Å². The molecule has 0 bridgehead atoms. The van der Waals surface area contributed by atoms with Gasteiger partial charge in [-0.1, -0.05) is 121 Å². The first-order valence-electron chi connectivity index (χ1n) is 14.0. The number of hydrogen-bond acceptors (Lipinski definition) is 4. The summed E-state index contributed by atoms with van der Waals surface area (Å²) in [5.41, 5.74) is 8.07. The maximum Gasteiger partial charge on any atom is 0.164 e. The molecule has 0 radical (unpaired) electrons. The number of para-hydroxylation sites is 1. The van der Waals surface area contributed by atoms with Crippen molar-refractivity contribution in [1.29, 1.82) is 0 Å². The van der Waals surface area contributed by atoms with Gasteiger partial charge >= 0.3 is 0 Å². The fourth-order valence-electron chi connectivity index (χ4n) is 6.14. The van der Waals surface area contributed by atoms with Crippen LogP contribution in [0, 0.1) is 0 Å². The van der Waals surface area contributed by atoms with E-state index >= 15 is 0 Å². The summed E-state index contributed by atoms with van der Waals surface area (Å²) in [5.74, 6) is 2.00. The van der Waals surface area contributed by atoms with Gasteiger partial charge in [-0.2, -0.15) is 0 Å². The van der Waals surface area contributed by atoms with Crippen molar-refractivity contribution in [3.8, 4) is 34.2 Å². The van der Waals surface area contributed by atoms with Crippen molar-refractivity contribution in [2.24, 2.45) is 0 Å². The van der Waals surface area contributed by atoms with Gasteiger partial charge in [0.25, 0.3) is 0 Å². The second-order valence-electron chi connectivity index (χ2n) is 10.4. The molecule has 0 N–H and O–H groups in total. The van der Waals surface area contributed by atoms with Gasteiger partial charge in [-0.25, -0.2) is 15.0 Å². The number of hydrogen-bond donors (Lipinski definition) is 0. The summed E-state index contributed by atoms with van der Waals surface area (Å²) >= 11 is 0. The Hall–Kier alpha value is -5.35. The minimum absolute atomic E-state index is 0.276. The molecule has 8 rings (SSSR count). The highest BCUT2D eigenvalue weighted by atomic mass is 15.2. The molecule has 41 heavy (non-hydrogen) atoms. The first-order chi connectivity index (χ1) is 20.3. The van der Waals surface area contributed by atoms with Gasteiger partial charge in [0.1, 0.15) is 0 Å². The Bertz CT molecular complexity index is 1920. The molecule has 1 atom stereocenters. The van der Waals surface area contributed by atoms with Crippen molar-refractivity contribution in [3.63, 3.8) is 0 Å². The SMILES string of the molecule is C1=CCC2C(=C1)c1ccccc1N2c1ccc(-c2nc(-c3ccccc3)nc(-c3ccccc3)n2)c2ccccc12. The predicted octanol–water partition coefficient (Wildman–Crippen LogP) is 8.89. The van der Waals surface area contributed by atoms with E-state index in [9.17, 15) is 0 Å². The highest BCUT2D eigenvalue weighted by Gasteiger charge is 2.35. The lowest BCUT2D eigenvalue weighted by atomic mass is 9.95. The lowest BCUT2D eigenvalue weighted by Crippen LogP contribution is -2.27. The van der Waals surface area contributed by atoms with Crippen molar-refractivity contribution in [3.05, 3.63) is 145 Å². The normalized spacial score (nSPS) is 15.5. The van der Waals surface area contributed by atoms with E-state index in [1.165, 1.54) is 27.9 Å². The van der Waals surface area contributed by atoms with Gasteiger partial charge in [0.15, 0.2) is 17.5 Å². The number of allylic oxidation sites excluding steroid dienone is 2. The Morgan fingerprint density at radius 3 is 1.85 bits per heavy atom. The van der Waals surface area contributed by atoms with Crippen LogP contribution >= 0.6 is 0 Å². The lowest BCUT2D eigenvalue weighted by Gasteiger charge is -2.30. The molecule has 0 saturated heterocycles. The highest BCUT2D eigenvalue weighted by molar-refractivity contribution is 6.06. The van der Waals surface area contributed by atoms with E-state index in [1.54, 1.807) is 0 Å². The number of nitrogens with zero attached hydrogens (tertiary/aromatic N) is 4. The Labute approximate surface area is 239 Å². The molecule has 1 aliphatic heterocycles. The quantitative estimate of drug-likeness (QED) is 0.230. The van der Waals surface area contributed by atoms with Crippen LogP contribution in [0.1, 0.15) is 12.0 Å². The number of benzene rings is 5. The minimum Gasteiger partial charge on any atom is -0.332 e. The van der Waals surface area contributed by atoms with Crippen LogP contribution < -0.4 is 4.90 Å². The summed E-state index contributed by atoms with van der Waals surface area (Å²) in [6, 6.07) is 42.3. The van der Waals surface area contributed by atoms with E-state index in [0.717, 1.165) is 28.5 Å². The summed E-state index contributed by atoms with van der Waals surface area (Å²) in [6.45, 7) is 0.